The van der Waals surface area contributed by atoms with Crippen LogP contribution in [0.15, 0.2) is 24.3 Å². The Morgan fingerprint density at radius 3 is 2.42 bits per heavy atom. The van der Waals surface area contributed by atoms with Crippen LogP contribution in [0, 0.1) is 6.92 Å². The second kappa shape index (κ2) is 5.64. The lowest BCUT2D eigenvalue weighted by atomic mass is 9.92. The summed E-state index contributed by atoms with van der Waals surface area (Å²) in [5, 5.41) is 3.10. The number of carbonyl (C=O) groups excluding carboxylic acids is 1. The van der Waals surface area contributed by atoms with Crippen molar-refractivity contribution >= 4 is 6.03 Å². The second-order valence-electron chi connectivity index (χ2n) is 5.43. The van der Waals surface area contributed by atoms with E-state index < -0.39 is 0 Å². The molecule has 1 fully saturated rings. The quantitative estimate of drug-likeness (QED) is 0.867. The average Bonchev–Trinajstić information content (AvgIpc) is 3.19. The molecular formula is C16H24N2O. The summed E-state index contributed by atoms with van der Waals surface area (Å²) in [5.74, 6) is 0. The standard InChI is InChI=1S/C16H24N2O/c1-4-18(5-2)15(19)17-12-16(10-11-16)14-9-7-6-8-13(14)3/h6-9H,4-5,10-12H2,1-3H3,(H,17,19). The van der Waals surface area contributed by atoms with Gasteiger partial charge in [0, 0.05) is 25.0 Å². The van der Waals surface area contributed by atoms with Crippen LogP contribution in [0.4, 0.5) is 4.79 Å². The number of amides is 2. The maximum atomic E-state index is 12.0. The highest BCUT2D eigenvalue weighted by Crippen LogP contribution is 2.48. The fraction of sp³-hybridized carbons (Fsp3) is 0.562. The number of carbonyl (C=O) groups is 1. The molecule has 0 bridgehead atoms. The summed E-state index contributed by atoms with van der Waals surface area (Å²) < 4.78 is 0. The van der Waals surface area contributed by atoms with E-state index in [1.54, 1.807) is 0 Å². The van der Waals surface area contributed by atoms with E-state index in [1.165, 1.54) is 24.0 Å². The van der Waals surface area contributed by atoms with Crippen LogP contribution in [0.3, 0.4) is 0 Å². The van der Waals surface area contributed by atoms with Crippen molar-refractivity contribution in [1.29, 1.82) is 0 Å². The van der Waals surface area contributed by atoms with Gasteiger partial charge in [-0.05, 0) is 44.7 Å². The van der Waals surface area contributed by atoms with Crippen LogP contribution >= 0.6 is 0 Å². The highest BCUT2D eigenvalue weighted by Gasteiger charge is 2.45. The minimum absolute atomic E-state index is 0.0601. The summed E-state index contributed by atoms with van der Waals surface area (Å²) in [6.07, 6.45) is 2.35. The third-order valence-corrected chi connectivity index (χ3v) is 4.20. The fourth-order valence-electron chi connectivity index (χ4n) is 2.73. The minimum atomic E-state index is 0.0601. The van der Waals surface area contributed by atoms with Gasteiger partial charge in [-0.15, -0.1) is 0 Å². The van der Waals surface area contributed by atoms with Gasteiger partial charge >= 0.3 is 6.03 Å². The van der Waals surface area contributed by atoms with E-state index in [-0.39, 0.29) is 11.4 Å². The smallest absolute Gasteiger partial charge is 0.317 e. The van der Waals surface area contributed by atoms with Crippen LogP contribution in [-0.2, 0) is 5.41 Å². The Bertz CT molecular complexity index is 448. The summed E-state index contributed by atoms with van der Waals surface area (Å²) in [6, 6.07) is 8.58. The van der Waals surface area contributed by atoms with Gasteiger partial charge in [0.15, 0.2) is 0 Å². The van der Waals surface area contributed by atoms with E-state index in [0.29, 0.717) is 0 Å². The second-order valence-corrected chi connectivity index (χ2v) is 5.43. The van der Waals surface area contributed by atoms with E-state index in [1.807, 2.05) is 18.7 Å². The third kappa shape index (κ3) is 2.91. The molecule has 1 aliphatic rings. The van der Waals surface area contributed by atoms with Gasteiger partial charge in [-0.2, -0.15) is 0 Å². The molecule has 3 nitrogen and oxygen atoms in total. The van der Waals surface area contributed by atoms with Gasteiger partial charge in [0.05, 0.1) is 0 Å². The maximum Gasteiger partial charge on any atom is 0.317 e. The van der Waals surface area contributed by atoms with Crippen molar-refractivity contribution in [3.8, 4) is 0 Å². The molecule has 1 aromatic rings. The van der Waals surface area contributed by atoms with Gasteiger partial charge in [0.2, 0.25) is 0 Å². The normalized spacial score (nSPS) is 15.9. The topological polar surface area (TPSA) is 32.3 Å². The summed E-state index contributed by atoms with van der Waals surface area (Å²) >= 11 is 0. The van der Waals surface area contributed by atoms with Gasteiger partial charge in [0.1, 0.15) is 0 Å². The highest BCUT2D eigenvalue weighted by molar-refractivity contribution is 5.74. The van der Waals surface area contributed by atoms with E-state index in [0.717, 1.165) is 19.6 Å². The fourth-order valence-corrected chi connectivity index (χ4v) is 2.73. The van der Waals surface area contributed by atoms with Crippen molar-refractivity contribution in [1.82, 2.24) is 10.2 Å². The lowest BCUT2D eigenvalue weighted by Gasteiger charge is -2.23. The average molecular weight is 260 g/mol. The lowest BCUT2D eigenvalue weighted by molar-refractivity contribution is 0.202. The maximum absolute atomic E-state index is 12.0. The first kappa shape index (κ1) is 13.9. The lowest BCUT2D eigenvalue weighted by Crippen LogP contribution is -2.42. The molecule has 0 saturated heterocycles. The predicted octanol–water partition coefficient (Wildman–Crippen LogP) is 3.08. The summed E-state index contributed by atoms with van der Waals surface area (Å²) in [5.41, 5.74) is 2.92. The Balaban J connectivity index is 2.00. The first-order valence-electron chi connectivity index (χ1n) is 7.22. The van der Waals surface area contributed by atoms with E-state index >= 15 is 0 Å². The highest BCUT2D eigenvalue weighted by atomic mass is 16.2. The van der Waals surface area contributed by atoms with Crippen LogP contribution < -0.4 is 5.32 Å². The molecule has 104 valence electrons. The molecule has 0 aliphatic heterocycles. The number of benzene rings is 1. The molecular weight excluding hydrogens is 236 g/mol. The first-order chi connectivity index (χ1) is 9.13. The van der Waals surface area contributed by atoms with Gasteiger partial charge in [-0.25, -0.2) is 4.79 Å². The van der Waals surface area contributed by atoms with Gasteiger partial charge in [-0.1, -0.05) is 24.3 Å². The molecule has 0 heterocycles. The number of urea groups is 1. The van der Waals surface area contributed by atoms with Crippen LogP contribution in [-0.4, -0.2) is 30.6 Å². The Morgan fingerprint density at radius 2 is 1.89 bits per heavy atom. The molecule has 19 heavy (non-hydrogen) atoms. The molecule has 1 aromatic carbocycles. The van der Waals surface area contributed by atoms with Crippen LogP contribution in [0.25, 0.3) is 0 Å². The number of aryl methyl sites for hydroxylation is 1. The SMILES string of the molecule is CCN(CC)C(=O)NCC1(c2ccccc2C)CC1. The number of hydrogen-bond donors (Lipinski definition) is 1. The van der Waals surface area contributed by atoms with E-state index in [2.05, 4.69) is 36.5 Å². The first-order valence-corrected chi connectivity index (χ1v) is 7.22. The van der Waals surface area contributed by atoms with Crippen LogP contribution in [0.1, 0.15) is 37.8 Å². The zero-order chi connectivity index (χ0) is 13.9. The largest absolute Gasteiger partial charge is 0.337 e. The Hall–Kier alpha value is -1.51. The third-order valence-electron chi connectivity index (χ3n) is 4.20. The van der Waals surface area contributed by atoms with E-state index in [4.69, 9.17) is 0 Å². The number of hydrogen-bond acceptors (Lipinski definition) is 1. The zero-order valence-corrected chi connectivity index (χ0v) is 12.2. The molecule has 1 aliphatic carbocycles. The molecule has 2 amide bonds. The number of rotatable bonds is 5. The van der Waals surface area contributed by atoms with Crippen LogP contribution in [0.2, 0.25) is 0 Å². The van der Waals surface area contributed by atoms with Crippen molar-refractivity contribution < 1.29 is 4.79 Å². The number of nitrogens with one attached hydrogen (secondary N) is 1. The molecule has 0 radical (unpaired) electrons. The molecule has 1 N–H and O–H groups in total. The van der Waals surface area contributed by atoms with Crippen molar-refractivity contribution in [2.45, 2.75) is 39.0 Å². The van der Waals surface area contributed by atoms with Crippen molar-refractivity contribution in [3.05, 3.63) is 35.4 Å². The molecule has 0 spiro atoms. The van der Waals surface area contributed by atoms with Crippen molar-refractivity contribution in [3.63, 3.8) is 0 Å². The molecule has 0 atom stereocenters. The molecule has 0 aromatic heterocycles. The molecule has 0 unspecified atom stereocenters. The summed E-state index contributed by atoms with van der Waals surface area (Å²) in [6.45, 7) is 8.46. The predicted molar refractivity (Wildman–Crippen MR) is 78.4 cm³/mol. The minimum Gasteiger partial charge on any atom is -0.337 e. The van der Waals surface area contributed by atoms with Gasteiger partial charge in [0.25, 0.3) is 0 Å². The van der Waals surface area contributed by atoms with Crippen molar-refractivity contribution in [2.24, 2.45) is 0 Å². The molecule has 3 heteroatoms. The molecule has 2 rings (SSSR count). The Kier molecular flexibility index (Phi) is 4.13. The van der Waals surface area contributed by atoms with E-state index in [9.17, 15) is 4.79 Å². The van der Waals surface area contributed by atoms with Gasteiger partial charge in [-0.3, -0.25) is 0 Å². The Labute approximate surface area is 116 Å². The van der Waals surface area contributed by atoms with Gasteiger partial charge < -0.3 is 10.2 Å². The summed E-state index contributed by atoms with van der Waals surface area (Å²) in [7, 11) is 0. The zero-order valence-electron chi connectivity index (χ0n) is 12.2. The van der Waals surface area contributed by atoms with Crippen LogP contribution in [0.5, 0.6) is 0 Å². The number of nitrogens with zero attached hydrogens (tertiary/aromatic N) is 1. The Morgan fingerprint density at radius 1 is 1.26 bits per heavy atom. The molecule has 1 saturated carbocycles. The monoisotopic (exact) mass is 260 g/mol. The van der Waals surface area contributed by atoms with Crippen molar-refractivity contribution in [2.75, 3.05) is 19.6 Å². The summed E-state index contributed by atoms with van der Waals surface area (Å²) in [4.78, 5) is 13.8.